The molecule has 1 aliphatic rings. The van der Waals surface area contributed by atoms with E-state index in [2.05, 4.69) is 12.1 Å². The number of nitrogens with two attached hydrogens (primary N) is 3. The van der Waals surface area contributed by atoms with Gasteiger partial charge in [0.15, 0.2) is 0 Å². The fourth-order valence-corrected chi connectivity index (χ4v) is 3.72. The fraction of sp³-hybridized carbons (Fsp3) is 0.0769. The first-order valence-electron chi connectivity index (χ1n) is 10.2. The molecule has 0 amide bonds. The lowest BCUT2D eigenvalue weighted by atomic mass is 10.1. The number of hydrogen-bond acceptors (Lipinski definition) is 4. The average Bonchev–Trinajstić information content (AvgIpc) is 3.11. The molecule has 0 fully saturated rings. The van der Waals surface area contributed by atoms with Gasteiger partial charge in [0.1, 0.15) is 17.1 Å². The minimum absolute atomic E-state index is 0.0442. The van der Waals surface area contributed by atoms with Crippen LogP contribution in [-0.2, 0) is 12.6 Å². The summed E-state index contributed by atoms with van der Waals surface area (Å²) in [7, 11) is 0. The zero-order valence-electron chi connectivity index (χ0n) is 17.6. The van der Waals surface area contributed by atoms with E-state index in [4.69, 9.17) is 21.9 Å². The third kappa shape index (κ3) is 5.03. The van der Waals surface area contributed by atoms with Gasteiger partial charge in [0, 0.05) is 17.1 Å². The van der Waals surface area contributed by atoms with Gasteiger partial charge in [-0.2, -0.15) is 13.2 Å². The van der Waals surface area contributed by atoms with E-state index in [1.54, 1.807) is 30.3 Å². The third-order valence-corrected chi connectivity index (χ3v) is 5.21. The van der Waals surface area contributed by atoms with Crippen LogP contribution in [0.15, 0.2) is 84.9 Å². The third-order valence-electron chi connectivity index (χ3n) is 5.21. The van der Waals surface area contributed by atoms with Gasteiger partial charge in [0.2, 0.25) is 0 Å². The van der Waals surface area contributed by atoms with Gasteiger partial charge >= 0.3 is 6.18 Å². The van der Waals surface area contributed by atoms with Crippen molar-refractivity contribution in [1.82, 2.24) is 0 Å². The second kappa shape index (κ2) is 8.78. The summed E-state index contributed by atoms with van der Waals surface area (Å²) in [6.45, 7) is 0. The first-order chi connectivity index (χ1) is 15.7. The highest BCUT2D eigenvalue weighted by Crippen LogP contribution is 2.39. The van der Waals surface area contributed by atoms with Crippen LogP contribution in [0, 0.1) is 0 Å². The molecule has 168 valence electrons. The molecule has 0 atom stereocenters. The highest BCUT2D eigenvalue weighted by Gasteiger charge is 2.34. The molecule has 5 rings (SSSR count). The Morgan fingerprint density at radius 2 is 1.15 bits per heavy atom. The minimum Gasteiger partial charge on any atom is -0.457 e. The molecule has 7 heteroatoms. The maximum absolute atomic E-state index is 12.8. The quantitative estimate of drug-likeness (QED) is 0.268. The van der Waals surface area contributed by atoms with Crippen LogP contribution in [0.5, 0.6) is 11.5 Å². The summed E-state index contributed by atoms with van der Waals surface area (Å²) in [5, 5.41) is 0. The van der Waals surface area contributed by atoms with E-state index in [-0.39, 0.29) is 11.4 Å². The number of alkyl halides is 3. The van der Waals surface area contributed by atoms with Crippen LogP contribution in [0.4, 0.5) is 30.2 Å². The number of benzene rings is 4. The Hall–Kier alpha value is -4.13. The van der Waals surface area contributed by atoms with E-state index in [1.165, 1.54) is 34.4 Å². The number of fused-ring (bicyclic) bond motifs is 3. The summed E-state index contributed by atoms with van der Waals surface area (Å²) in [4.78, 5) is 0. The summed E-state index contributed by atoms with van der Waals surface area (Å²) in [5.41, 5.74) is 22.9. The van der Waals surface area contributed by atoms with Crippen molar-refractivity contribution in [3.05, 3.63) is 102 Å². The van der Waals surface area contributed by atoms with Crippen molar-refractivity contribution in [2.24, 2.45) is 0 Å². The van der Waals surface area contributed by atoms with E-state index in [0.29, 0.717) is 5.75 Å². The van der Waals surface area contributed by atoms with Gasteiger partial charge in [-0.15, -0.1) is 0 Å². The predicted octanol–water partition coefficient (Wildman–Crippen LogP) is 6.50. The zero-order valence-corrected chi connectivity index (χ0v) is 17.6. The molecule has 0 unspecified atom stereocenters. The molecule has 0 aromatic heterocycles. The van der Waals surface area contributed by atoms with Gasteiger partial charge in [0.25, 0.3) is 0 Å². The van der Waals surface area contributed by atoms with Crippen LogP contribution in [0.2, 0.25) is 0 Å². The average molecular weight is 449 g/mol. The minimum atomic E-state index is -4.50. The van der Waals surface area contributed by atoms with E-state index in [9.17, 15) is 13.2 Å². The summed E-state index contributed by atoms with van der Waals surface area (Å²) in [6, 6.07) is 23.9. The lowest BCUT2D eigenvalue weighted by molar-refractivity contribution is -0.138. The molecule has 33 heavy (non-hydrogen) atoms. The monoisotopic (exact) mass is 449 g/mol. The number of ether oxygens (including phenoxy) is 1. The van der Waals surface area contributed by atoms with Crippen molar-refractivity contribution in [3.8, 4) is 22.6 Å². The summed E-state index contributed by atoms with van der Waals surface area (Å²) >= 11 is 0. The Bertz CT molecular complexity index is 1240. The number of anilines is 3. The van der Waals surface area contributed by atoms with Crippen molar-refractivity contribution in [1.29, 1.82) is 0 Å². The van der Waals surface area contributed by atoms with Crippen LogP contribution in [0.25, 0.3) is 11.1 Å². The first-order valence-corrected chi connectivity index (χ1v) is 10.2. The fourth-order valence-electron chi connectivity index (χ4n) is 3.72. The Kier molecular flexibility index (Phi) is 5.87. The highest BCUT2D eigenvalue weighted by molar-refractivity contribution is 5.79. The van der Waals surface area contributed by atoms with Gasteiger partial charge in [-0.1, -0.05) is 30.3 Å². The molecule has 0 aliphatic heterocycles. The highest BCUT2D eigenvalue weighted by atomic mass is 19.4. The molecule has 0 radical (unpaired) electrons. The molecular formula is C26H22F3N3O. The molecule has 6 N–H and O–H groups in total. The van der Waals surface area contributed by atoms with Crippen molar-refractivity contribution >= 4 is 17.1 Å². The Morgan fingerprint density at radius 1 is 0.636 bits per heavy atom. The summed E-state index contributed by atoms with van der Waals surface area (Å²) < 4.78 is 43.6. The molecule has 4 aromatic rings. The Morgan fingerprint density at radius 3 is 1.70 bits per heavy atom. The molecule has 1 aliphatic carbocycles. The zero-order chi connectivity index (χ0) is 23.6. The summed E-state index contributed by atoms with van der Waals surface area (Å²) in [5.74, 6) is 0.0793. The second-order valence-electron chi connectivity index (χ2n) is 7.68. The smallest absolute Gasteiger partial charge is 0.420 e. The van der Waals surface area contributed by atoms with E-state index in [1.807, 2.05) is 24.3 Å². The van der Waals surface area contributed by atoms with Gasteiger partial charge in [0.05, 0.1) is 0 Å². The van der Waals surface area contributed by atoms with Gasteiger partial charge in [-0.3, -0.25) is 0 Å². The molecule has 4 aromatic carbocycles. The predicted molar refractivity (Wildman–Crippen MR) is 126 cm³/mol. The molecule has 4 nitrogen and oxygen atoms in total. The molecule has 0 saturated carbocycles. The maximum Gasteiger partial charge on any atom is 0.420 e. The van der Waals surface area contributed by atoms with Gasteiger partial charge in [-0.05, 0) is 83.3 Å². The topological polar surface area (TPSA) is 87.3 Å². The number of nitrogen functional groups attached to an aromatic ring is 3. The lowest BCUT2D eigenvalue weighted by Gasteiger charge is -2.14. The largest absolute Gasteiger partial charge is 0.457 e. The van der Waals surface area contributed by atoms with Crippen molar-refractivity contribution in [2.75, 3.05) is 17.2 Å². The van der Waals surface area contributed by atoms with Crippen molar-refractivity contribution in [2.45, 2.75) is 12.6 Å². The van der Waals surface area contributed by atoms with Gasteiger partial charge < -0.3 is 21.9 Å². The number of hydrogen-bond donors (Lipinski definition) is 3. The van der Waals surface area contributed by atoms with Crippen molar-refractivity contribution in [3.63, 3.8) is 0 Å². The number of halogens is 3. The van der Waals surface area contributed by atoms with Crippen LogP contribution >= 0.6 is 0 Å². The Balaban J connectivity index is 0.000000159. The van der Waals surface area contributed by atoms with Crippen LogP contribution in [-0.4, -0.2) is 0 Å². The number of para-hydroxylation sites is 1. The lowest BCUT2D eigenvalue weighted by Crippen LogP contribution is -2.08. The van der Waals surface area contributed by atoms with Crippen molar-refractivity contribution < 1.29 is 17.9 Å². The van der Waals surface area contributed by atoms with Crippen LogP contribution in [0.1, 0.15) is 16.7 Å². The first kappa shape index (κ1) is 22.1. The van der Waals surface area contributed by atoms with Crippen LogP contribution < -0.4 is 21.9 Å². The Labute approximate surface area is 189 Å². The molecule has 0 bridgehead atoms. The SMILES string of the molecule is Nc1ccc(Oc2ccccc2)c(C(F)(F)F)c1.Nc1ccc2c(c1)Cc1cc(N)ccc1-2. The standard InChI is InChI=1S/C13H10F3NO.C13H12N2/c14-13(15,16)11-8-9(17)6-7-12(11)18-10-4-2-1-3-5-10;14-10-1-3-12-8(6-10)5-9-7-11(15)2-4-13(9)12/h1-8H,17H2;1-4,6-7H,5,14-15H2. The van der Waals surface area contributed by atoms with E-state index < -0.39 is 11.7 Å². The molecule has 0 saturated heterocycles. The second-order valence-corrected chi connectivity index (χ2v) is 7.68. The van der Waals surface area contributed by atoms with E-state index >= 15 is 0 Å². The van der Waals surface area contributed by atoms with E-state index in [0.717, 1.165) is 23.9 Å². The molecular weight excluding hydrogens is 427 g/mol. The molecule has 0 heterocycles. The van der Waals surface area contributed by atoms with Gasteiger partial charge in [-0.25, -0.2) is 0 Å². The molecule has 0 spiro atoms. The maximum atomic E-state index is 12.8. The number of rotatable bonds is 2. The summed E-state index contributed by atoms with van der Waals surface area (Å²) in [6.07, 6.45) is -3.56. The van der Waals surface area contributed by atoms with Crippen LogP contribution in [0.3, 0.4) is 0 Å². The normalized spacial score (nSPS) is 11.7.